The zero-order valence-electron chi connectivity index (χ0n) is 7.85. The van der Waals surface area contributed by atoms with E-state index in [1.165, 1.54) is 0 Å². The first-order valence-corrected chi connectivity index (χ1v) is 3.85. The van der Waals surface area contributed by atoms with Gasteiger partial charge in [-0.15, -0.1) is 0 Å². The molecule has 0 aliphatic rings. The van der Waals surface area contributed by atoms with Crippen LogP contribution in [-0.4, -0.2) is 38.5 Å². The molecular formula is C8H19NO2. The first-order valence-electron chi connectivity index (χ1n) is 3.85. The summed E-state index contributed by atoms with van der Waals surface area (Å²) < 4.78 is 5.04. The third-order valence-corrected chi connectivity index (χ3v) is 1.99. The number of methoxy groups -OCH3 is 1. The number of nitrogens with one attached hydrogen (secondary N) is 1. The van der Waals surface area contributed by atoms with Gasteiger partial charge in [-0.25, -0.2) is 0 Å². The van der Waals surface area contributed by atoms with Crippen LogP contribution >= 0.6 is 0 Å². The largest absolute Gasteiger partial charge is 0.395 e. The molecule has 0 aromatic carbocycles. The van der Waals surface area contributed by atoms with E-state index >= 15 is 0 Å². The number of hydrogen-bond acceptors (Lipinski definition) is 3. The van der Waals surface area contributed by atoms with Gasteiger partial charge in [0.1, 0.15) is 0 Å². The Bertz CT molecular complexity index is 100. The molecule has 0 saturated carbocycles. The Morgan fingerprint density at radius 3 is 2.36 bits per heavy atom. The lowest BCUT2D eigenvalue weighted by atomic mass is 9.86. The number of likely N-dealkylation sites (N-methyl/N-ethyl adjacent to an activating group) is 1. The lowest BCUT2D eigenvalue weighted by Gasteiger charge is -2.31. The molecule has 0 fully saturated rings. The number of aliphatic hydroxyl groups is 1. The van der Waals surface area contributed by atoms with Gasteiger partial charge in [-0.2, -0.15) is 0 Å². The second kappa shape index (κ2) is 4.70. The Morgan fingerprint density at radius 1 is 1.55 bits per heavy atom. The van der Waals surface area contributed by atoms with Crippen molar-refractivity contribution in [2.75, 3.05) is 27.4 Å². The minimum atomic E-state index is -0.0156. The van der Waals surface area contributed by atoms with Crippen LogP contribution in [0, 0.1) is 5.41 Å². The van der Waals surface area contributed by atoms with Gasteiger partial charge in [0.2, 0.25) is 0 Å². The molecule has 1 atom stereocenters. The molecule has 3 nitrogen and oxygen atoms in total. The van der Waals surface area contributed by atoms with E-state index in [4.69, 9.17) is 9.84 Å². The van der Waals surface area contributed by atoms with Crippen LogP contribution in [0.15, 0.2) is 0 Å². The number of ether oxygens (including phenoxy) is 1. The second-order valence-electron chi connectivity index (χ2n) is 3.45. The van der Waals surface area contributed by atoms with Crippen LogP contribution in [0.3, 0.4) is 0 Å². The molecule has 68 valence electrons. The summed E-state index contributed by atoms with van der Waals surface area (Å²) in [7, 11) is 3.52. The van der Waals surface area contributed by atoms with Gasteiger partial charge in [0, 0.05) is 18.6 Å². The van der Waals surface area contributed by atoms with Gasteiger partial charge in [0.15, 0.2) is 0 Å². The molecule has 0 aliphatic heterocycles. The van der Waals surface area contributed by atoms with Gasteiger partial charge in [-0.05, 0) is 7.05 Å². The molecule has 1 unspecified atom stereocenters. The molecule has 11 heavy (non-hydrogen) atoms. The van der Waals surface area contributed by atoms with E-state index in [1.54, 1.807) is 7.11 Å². The summed E-state index contributed by atoms with van der Waals surface area (Å²) in [6.45, 7) is 4.92. The van der Waals surface area contributed by atoms with Crippen molar-refractivity contribution in [1.29, 1.82) is 0 Å². The smallest absolute Gasteiger partial charge is 0.0590 e. The van der Waals surface area contributed by atoms with Crippen LogP contribution in [0.4, 0.5) is 0 Å². The van der Waals surface area contributed by atoms with Crippen molar-refractivity contribution in [2.45, 2.75) is 19.9 Å². The lowest BCUT2D eigenvalue weighted by Crippen LogP contribution is -2.45. The standard InChI is InChI=1S/C8H19NO2/c1-8(2,6-11-4)7(5-10)9-3/h7,9-10H,5-6H2,1-4H3. The zero-order valence-corrected chi connectivity index (χ0v) is 7.85. The first-order chi connectivity index (χ1) is 5.08. The maximum Gasteiger partial charge on any atom is 0.0590 e. The van der Waals surface area contributed by atoms with E-state index in [0.717, 1.165) is 0 Å². The summed E-state index contributed by atoms with van der Waals surface area (Å²) in [5.41, 5.74) is -0.0156. The molecule has 3 heteroatoms. The van der Waals surface area contributed by atoms with E-state index in [0.29, 0.717) is 6.61 Å². The van der Waals surface area contributed by atoms with Crippen molar-refractivity contribution in [3.63, 3.8) is 0 Å². The maximum atomic E-state index is 8.97. The SMILES string of the molecule is CNC(CO)C(C)(C)COC. The molecular weight excluding hydrogens is 142 g/mol. The van der Waals surface area contributed by atoms with E-state index in [2.05, 4.69) is 19.2 Å². The fourth-order valence-electron chi connectivity index (χ4n) is 1.20. The Labute approximate surface area is 68.8 Å². The molecule has 0 bridgehead atoms. The summed E-state index contributed by atoms with van der Waals surface area (Å²) in [4.78, 5) is 0. The van der Waals surface area contributed by atoms with Crippen LogP contribution in [0.25, 0.3) is 0 Å². The minimum absolute atomic E-state index is 0.0156. The summed E-state index contributed by atoms with van der Waals surface area (Å²) in [6, 6.07) is 0.0995. The number of rotatable bonds is 5. The highest BCUT2D eigenvalue weighted by atomic mass is 16.5. The fraction of sp³-hybridized carbons (Fsp3) is 1.00. The molecule has 0 rings (SSSR count). The molecule has 0 aromatic rings. The highest BCUT2D eigenvalue weighted by Crippen LogP contribution is 2.19. The first kappa shape index (κ1) is 10.9. The van der Waals surface area contributed by atoms with E-state index < -0.39 is 0 Å². The monoisotopic (exact) mass is 161 g/mol. The molecule has 0 amide bonds. The molecule has 0 aromatic heterocycles. The average Bonchev–Trinajstić information content (AvgIpc) is 1.89. The zero-order chi connectivity index (χ0) is 8.91. The Kier molecular flexibility index (Phi) is 4.65. The van der Waals surface area contributed by atoms with Crippen LogP contribution < -0.4 is 5.32 Å². The summed E-state index contributed by atoms with van der Waals surface area (Å²) in [6.07, 6.45) is 0. The topological polar surface area (TPSA) is 41.5 Å². The summed E-state index contributed by atoms with van der Waals surface area (Å²) >= 11 is 0. The molecule has 0 spiro atoms. The third kappa shape index (κ3) is 3.18. The summed E-state index contributed by atoms with van der Waals surface area (Å²) in [5.74, 6) is 0. The van der Waals surface area contributed by atoms with Gasteiger partial charge in [-0.1, -0.05) is 13.8 Å². The van der Waals surface area contributed by atoms with Gasteiger partial charge < -0.3 is 15.2 Å². The third-order valence-electron chi connectivity index (χ3n) is 1.99. The Morgan fingerprint density at radius 2 is 2.09 bits per heavy atom. The van der Waals surface area contributed by atoms with Crippen LogP contribution in [0.5, 0.6) is 0 Å². The average molecular weight is 161 g/mol. The second-order valence-corrected chi connectivity index (χ2v) is 3.45. The molecule has 0 aliphatic carbocycles. The molecule has 2 N–H and O–H groups in total. The van der Waals surface area contributed by atoms with Crippen molar-refractivity contribution in [3.05, 3.63) is 0 Å². The van der Waals surface area contributed by atoms with Gasteiger partial charge in [-0.3, -0.25) is 0 Å². The van der Waals surface area contributed by atoms with Crippen LogP contribution in [0.2, 0.25) is 0 Å². The maximum absolute atomic E-state index is 8.97. The van der Waals surface area contributed by atoms with Gasteiger partial charge >= 0.3 is 0 Å². The number of aliphatic hydroxyl groups excluding tert-OH is 1. The lowest BCUT2D eigenvalue weighted by molar-refractivity contribution is 0.0549. The highest BCUT2D eigenvalue weighted by molar-refractivity contribution is 4.82. The predicted molar refractivity (Wildman–Crippen MR) is 45.6 cm³/mol. The Balaban J connectivity index is 4.00. The van der Waals surface area contributed by atoms with Crippen molar-refractivity contribution >= 4 is 0 Å². The van der Waals surface area contributed by atoms with E-state index in [-0.39, 0.29) is 18.1 Å². The molecule has 0 saturated heterocycles. The van der Waals surface area contributed by atoms with Crippen LogP contribution in [0.1, 0.15) is 13.8 Å². The van der Waals surface area contributed by atoms with Crippen molar-refractivity contribution in [3.8, 4) is 0 Å². The van der Waals surface area contributed by atoms with Crippen LogP contribution in [-0.2, 0) is 4.74 Å². The van der Waals surface area contributed by atoms with E-state index in [9.17, 15) is 0 Å². The minimum Gasteiger partial charge on any atom is -0.395 e. The quantitative estimate of drug-likeness (QED) is 0.607. The Hall–Kier alpha value is -0.120. The van der Waals surface area contributed by atoms with Crippen molar-refractivity contribution in [2.24, 2.45) is 5.41 Å². The normalized spacial score (nSPS) is 15.0. The fourth-order valence-corrected chi connectivity index (χ4v) is 1.20. The van der Waals surface area contributed by atoms with Gasteiger partial charge in [0.25, 0.3) is 0 Å². The predicted octanol–water partition coefficient (Wildman–Crippen LogP) is 0.239. The molecule has 0 heterocycles. The van der Waals surface area contributed by atoms with Crippen molar-refractivity contribution < 1.29 is 9.84 Å². The summed E-state index contributed by atoms with van der Waals surface area (Å²) in [5, 5.41) is 12.0. The van der Waals surface area contributed by atoms with Gasteiger partial charge in [0.05, 0.1) is 13.2 Å². The van der Waals surface area contributed by atoms with E-state index in [1.807, 2.05) is 7.05 Å². The highest BCUT2D eigenvalue weighted by Gasteiger charge is 2.27. The van der Waals surface area contributed by atoms with Crippen molar-refractivity contribution in [1.82, 2.24) is 5.32 Å². The number of hydrogen-bond donors (Lipinski definition) is 2. The molecule has 0 radical (unpaired) electrons.